The molecule has 1 amide bonds. The van der Waals surface area contributed by atoms with Crippen molar-refractivity contribution in [3.05, 3.63) is 0 Å². The summed E-state index contributed by atoms with van der Waals surface area (Å²) in [5.41, 5.74) is -0.582. The Bertz CT molecular complexity index is 340. The minimum absolute atomic E-state index is 0.0358. The largest absolute Gasteiger partial charge is 0.467 e. The van der Waals surface area contributed by atoms with Crippen LogP contribution in [0.4, 0.5) is 9.18 Å². The summed E-state index contributed by atoms with van der Waals surface area (Å²) < 4.78 is 23.2. The van der Waals surface area contributed by atoms with Gasteiger partial charge in [-0.2, -0.15) is 0 Å². The number of amides is 1. The highest BCUT2D eigenvalue weighted by Gasteiger charge is 2.35. The summed E-state index contributed by atoms with van der Waals surface area (Å²) in [6, 6.07) is -0.302. The van der Waals surface area contributed by atoms with Gasteiger partial charge in [0, 0.05) is 19.0 Å². The lowest BCUT2D eigenvalue weighted by atomic mass is 10.1. The van der Waals surface area contributed by atoms with E-state index in [-0.39, 0.29) is 12.5 Å². The zero-order valence-electron chi connectivity index (χ0n) is 11.9. The zero-order chi connectivity index (χ0) is 14.6. The third-order valence-corrected chi connectivity index (χ3v) is 2.94. The van der Waals surface area contributed by atoms with Gasteiger partial charge in [0.1, 0.15) is 5.60 Å². The zero-order valence-corrected chi connectivity index (χ0v) is 11.9. The van der Waals surface area contributed by atoms with Crippen molar-refractivity contribution < 1.29 is 23.5 Å². The van der Waals surface area contributed by atoms with E-state index in [1.807, 2.05) is 0 Å². The average Bonchev–Trinajstić information content (AvgIpc) is 2.73. The fraction of sp³-hybridized carbons (Fsp3) is 0.846. The van der Waals surface area contributed by atoms with E-state index in [0.717, 1.165) is 13.5 Å². The average molecular weight is 275 g/mol. The summed E-state index contributed by atoms with van der Waals surface area (Å²) in [6.07, 6.45) is -0.717. The quantitative estimate of drug-likeness (QED) is 0.741. The fourth-order valence-corrected chi connectivity index (χ4v) is 2.10. The number of esters is 1. The number of rotatable bonds is 3. The highest BCUT2D eigenvalue weighted by atomic mass is 19.1. The second-order valence-electron chi connectivity index (χ2n) is 5.70. The fourth-order valence-electron chi connectivity index (χ4n) is 2.10. The summed E-state index contributed by atoms with van der Waals surface area (Å²) in [5, 5.41) is 0. The van der Waals surface area contributed by atoms with Crippen LogP contribution < -0.4 is 0 Å². The van der Waals surface area contributed by atoms with Gasteiger partial charge in [-0.05, 0) is 33.6 Å². The van der Waals surface area contributed by atoms with Gasteiger partial charge in [-0.25, -0.2) is 14.0 Å². The topological polar surface area (TPSA) is 55.8 Å². The monoisotopic (exact) mass is 275 g/mol. The molecule has 0 aromatic heterocycles. The molecule has 19 heavy (non-hydrogen) atoms. The maximum Gasteiger partial charge on any atom is 0.410 e. The summed E-state index contributed by atoms with van der Waals surface area (Å²) in [5.74, 6) is -0.893. The van der Waals surface area contributed by atoms with Gasteiger partial charge in [0.25, 0.3) is 0 Å². The summed E-state index contributed by atoms with van der Waals surface area (Å²) in [7, 11) is 1.15. The van der Waals surface area contributed by atoms with E-state index in [9.17, 15) is 14.0 Å². The Morgan fingerprint density at radius 2 is 2.05 bits per heavy atom. The Hall–Kier alpha value is -1.33. The van der Waals surface area contributed by atoms with E-state index in [1.54, 1.807) is 20.8 Å². The van der Waals surface area contributed by atoms with Crippen molar-refractivity contribution in [2.45, 2.75) is 57.8 Å². The van der Waals surface area contributed by atoms with Crippen molar-refractivity contribution in [2.75, 3.05) is 13.7 Å². The maximum atomic E-state index is 13.6. The molecule has 2 unspecified atom stereocenters. The molecule has 1 saturated heterocycles. The van der Waals surface area contributed by atoms with Crippen LogP contribution in [-0.4, -0.2) is 48.4 Å². The number of ether oxygens (including phenoxy) is 2. The first-order chi connectivity index (χ1) is 8.74. The first kappa shape index (κ1) is 15.7. The number of alkyl halides is 1. The van der Waals surface area contributed by atoms with E-state index in [1.165, 1.54) is 4.90 Å². The standard InChI is InChI=1S/C13H22FNO4/c1-13(2,3)19-12(17)15-7-5-6-9(15)8-10(14)11(16)18-4/h9-10H,5-8H2,1-4H3. The van der Waals surface area contributed by atoms with E-state index >= 15 is 0 Å². The molecule has 6 heteroatoms. The van der Waals surface area contributed by atoms with Crippen LogP contribution in [0.5, 0.6) is 0 Å². The third kappa shape index (κ3) is 4.69. The molecule has 0 aromatic rings. The second-order valence-corrected chi connectivity index (χ2v) is 5.70. The number of halogens is 1. The van der Waals surface area contributed by atoms with E-state index in [0.29, 0.717) is 13.0 Å². The highest BCUT2D eigenvalue weighted by molar-refractivity contribution is 5.74. The summed E-state index contributed by atoms with van der Waals surface area (Å²) >= 11 is 0. The predicted octanol–water partition coefficient (Wildman–Crippen LogP) is 2.29. The number of carbonyl (C=O) groups excluding carboxylic acids is 2. The molecule has 0 saturated carbocycles. The molecule has 0 aliphatic carbocycles. The Labute approximate surface area is 113 Å². The lowest BCUT2D eigenvalue weighted by Gasteiger charge is -2.28. The summed E-state index contributed by atoms with van der Waals surface area (Å²) in [4.78, 5) is 24.5. The van der Waals surface area contributed by atoms with Gasteiger partial charge in [-0.1, -0.05) is 0 Å². The molecule has 0 N–H and O–H groups in total. The molecule has 0 aromatic carbocycles. The molecule has 5 nitrogen and oxygen atoms in total. The van der Waals surface area contributed by atoms with Crippen LogP contribution >= 0.6 is 0 Å². The molecule has 1 rings (SSSR count). The van der Waals surface area contributed by atoms with Crippen molar-refractivity contribution >= 4 is 12.1 Å². The predicted molar refractivity (Wildman–Crippen MR) is 67.5 cm³/mol. The number of nitrogens with zero attached hydrogens (tertiary/aromatic N) is 1. The van der Waals surface area contributed by atoms with Gasteiger partial charge in [-0.15, -0.1) is 0 Å². The maximum absolute atomic E-state index is 13.6. The van der Waals surface area contributed by atoms with Crippen molar-refractivity contribution in [1.82, 2.24) is 4.90 Å². The number of likely N-dealkylation sites (tertiary alicyclic amines) is 1. The molecule has 0 radical (unpaired) electrons. The van der Waals surface area contributed by atoms with Gasteiger partial charge in [0.2, 0.25) is 0 Å². The van der Waals surface area contributed by atoms with Crippen LogP contribution in [0.1, 0.15) is 40.0 Å². The van der Waals surface area contributed by atoms with Crippen molar-refractivity contribution in [1.29, 1.82) is 0 Å². The van der Waals surface area contributed by atoms with Gasteiger partial charge in [0.05, 0.1) is 7.11 Å². The third-order valence-electron chi connectivity index (χ3n) is 2.94. The lowest BCUT2D eigenvalue weighted by Crippen LogP contribution is -2.41. The number of methoxy groups -OCH3 is 1. The van der Waals surface area contributed by atoms with Gasteiger partial charge in [-0.3, -0.25) is 0 Å². The normalized spacial score (nSPS) is 21.1. The molecule has 1 aliphatic heterocycles. The Balaban J connectivity index is 2.59. The Morgan fingerprint density at radius 3 is 2.58 bits per heavy atom. The molecular formula is C13H22FNO4. The van der Waals surface area contributed by atoms with Gasteiger partial charge < -0.3 is 14.4 Å². The van der Waals surface area contributed by atoms with Crippen LogP contribution in [0.2, 0.25) is 0 Å². The van der Waals surface area contributed by atoms with Gasteiger partial charge >= 0.3 is 12.1 Å². The number of carbonyl (C=O) groups is 2. The van der Waals surface area contributed by atoms with Crippen molar-refractivity contribution in [3.63, 3.8) is 0 Å². The minimum atomic E-state index is -1.70. The van der Waals surface area contributed by atoms with Crippen LogP contribution in [0.15, 0.2) is 0 Å². The highest BCUT2D eigenvalue weighted by Crippen LogP contribution is 2.25. The van der Waals surface area contributed by atoms with E-state index < -0.39 is 23.8 Å². The van der Waals surface area contributed by atoms with E-state index in [4.69, 9.17) is 4.74 Å². The number of hydrogen-bond acceptors (Lipinski definition) is 4. The minimum Gasteiger partial charge on any atom is -0.467 e. The van der Waals surface area contributed by atoms with Crippen LogP contribution in [-0.2, 0) is 14.3 Å². The lowest BCUT2D eigenvalue weighted by molar-refractivity contribution is -0.147. The van der Waals surface area contributed by atoms with Gasteiger partial charge in [0.15, 0.2) is 6.17 Å². The molecule has 110 valence electrons. The number of hydrogen-bond donors (Lipinski definition) is 0. The van der Waals surface area contributed by atoms with Crippen molar-refractivity contribution in [2.24, 2.45) is 0 Å². The SMILES string of the molecule is COC(=O)C(F)CC1CCCN1C(=O)OC(C)(C)C. The van der Waals surface area contributed by atoms with Crippen molar-refractivity contribution in [3.8, 4) is 0 Å². The molecule has 2 atom stereocenters. The second kappa shape index (κ2) is 6.21. The van der Waals surface area contributed by atoms with Crippen LogP contribution in [0.25, 0.3) is 0 Å². The van der Waals surface area contributed by atoms with E-state index in [2.05, 4.69) is 4.74 Å². The molecule has 0 spiro atoms. The smallest absolute Gasteiger partial charge is 0.410 e. The Morgan fingerprint density at radius 1 is 1.42 bits per heavy atom. The first-order valence-electron chi connectivity index (χ1n) is 6.46. The molecule has 1 aliphatic rings. The Kier molecular flexibility index (Phi) is 5.14. The molecule has 1 fully saturated rings. The molecular weight excluding hydrogens is 253 g/mol. The first-order valence-corrected chi connectivity index (χ1v) is 6.46. The molecule has 1 heterocycles. The summed E-state index contributed by atoms with van der Waals surface area (Å²) in [6.45, 7) is 5.88. The van der Waals surface area contributed by atoms with Crippen LogP contribution in [0.3, 0.4) is 0 Å². The van der Waals surface area contributed by atoms with Crippen LogP contribution in [0, 0.1) is 0 Å². The molecule has 0 bridgehead atoms.